The third-order valence-corrected chi connectivity index (χ3v) is 5.75. The highest BCUT2D eigenvalue weighted by Gasteiger charge is 2.15. The number of nitrogens with zero attached hydrogens (tertiary/aromatic N) is 4. The fraction of sp³-hybridized carbons (Fsp3) is 0.450. The molecule has 7 heteroatoms. The summed E-state index contributed by atoms with van der Waals surface area (Å²) in [4.78, 5) is 29.7. The molecule has 144 valence electrons. The number of aromatic nitrogens is 2. The molecule has 1 aliphatic heterocycles. The van der Waals surface area contributed by atoms with E-state index in [2.05, 4.69) is 41.2 Å². The summed E-state index contributed by atoms with van der Waals surface area (Å²) < 4.78 is 1.24. The molecule has 2 aromatic rings. The molecule has 0 aliphatic carbocycles. The lowest BCUT2D eigenvalue weighted by molar-refractivity contribution is -0.130. The van der Waals surface area contributed by atoms with Crippen LogP contribution < -0.4 is 10.5 Å². The minimum Gasteiger partial charge on any atom is -0.370 e. The molecule has 0 saturated carbocycles. The summed E-state index contributed by atoms with van der Waals surface area (Å²) in [5, 5.41) is 4.19. The molecule has 2 heterocycles. The van der Waals surface area contributed by atoms with Crippen LogP contribution in [0.5, 0.6) is 0 Å². The summed E-state index contributed by atoms with van der Waals surface area (Å²) in [6.07, 6.45) is 3.98. The quantitative estimate of drug-likeness (QED) is 0.684. The van der Waals surface area contributed by atoms with Crippen LogP contribution in [0.3, 0.4) is 0 Å². The van der Waals surface area contributed by atoms with Crippen LogP contribution in [0.25, 0.3) is 0 Å². The molecule has 0 spiro atoms. The average molecular weight is 387 g/mol. The Bertz CT molecular complexity index is 829. The van der Waals surface area contributed by atoms with E-state index in [4.69, 9.17) is 0 Å². The third kappa shape index (κ3) is 5.35. The minimum atomic E-state index is -0.227. The molecule has 1 aromatic carbocycles. The number of carbonyl (C=O) groups excluding carboxylic acids is 1. The zero-order chi connectivity index (χ0) is 19.2. The number of aryl methyl sites for hydroxylation is 1. The first kappa shape index (κ1) is 19.5. The lowest BCUT2D eigenvalue weighted by Crippen LogP contribution is -2.36. The molecule has 0 N–H and O–H groups in total. The second-order valence-electron chi connectivity index (χ2n) is 6.88. The lowest BCUT2D eigenvalue weighted by atomic mass is 10.2. The van der Waals surface area contributed by atoms with Gasteiger partial charge in [0.05, 0.1) is 11.9 Å². The van der Waals surface area contributed by atoms with Gasteiger partial charge in [-0.1, -0.05) is 17.7 Å². The minimum absolute atomic E-state index is 0.0230. The fourth-order valence-corrected chi connectivity index (χ4v) is 3.93. The van der Waals surface area contributed by atoms with E-state index >= 15 is 0 Å². The molecule has 1 aromatic heterocycles. The predicted molar refractivity (Wildman–Crippen MR) is 109 cm³/mol. The first-order chi connectivity index (χ1) is 13.0. The Kier molecular flexibility index (Phi) is 6.55. The number of rotatable bonds is 7. The Morgan fingerprint density at radius 3 is 2.59 bits per heavy atom. The van der Waals surface area contributed by atoms with Gasteiger partial charge in [-0.05, 0) is 31.9 Å². The highest BCUT2D eigenvalue weighted by Crippen LogP contribution is 2.18. The molecule has 0 bridgehead atoms. The van der Waals surface area contributed by atoms with Crippen molar-refractivity contribution in [3.63, 3.8) is 0 Å². The lowest BCUT2D eigenvalue weighted by Gasteiger charge is -2.19. The van der Waals surface area contributed by atoms with Crippen molar-refractivity contribution >= 4 is 23.4 Å². The second-order valence-corrected chi connectivity index (χ2v) is 8.05. The molecule has 0 unspecified atom stereocenters. The molecule has 1 amide bonds. The number of anilines is 1. The smallest absolute Gasteiger partial charge is 0.269 e. The summed E-state index contributed by atoms with van der Waals surface area (Å²) in [7, 11) is 1.77. The highest BCUT2D eigenvalue weighted by atomic mass is 32.2. The maximum Gasteiger partial charge on any atom is 0.269 e. The maximum atomic E-state index is 12.4. The fourth-order valence-electron chi connectivity index (χ4n) is 3.00. The zero-order valence-corrected chi connectivity index (χ0v) is 16.7. The molecule has 1 saturated heterocycles. The van der Waals surface area contributed by atoms with E-state index in [-0.39, 0.29) is 18.0 Å². The third-order valence-electron chi connectivity index (χ3n) is 4.75. The average Bonchev–Trinajstić information content (AvgIpc) is 3.19. The number of thioether (sulfide) groups is 1. The van der Waals surface area contributed by atoms with Crippen LogP contribution in [0, 0.1) is 6.92 Å². The molecule has 3 rings (SSSR count). The van der Waals surface area contributed by atoms with E-state index in [1.54, 1.807) is 36.0 Å². The Balaban J connectivity index is 1.50. The maximum absolute atomic E-state index is 12.4. The van der Waals surface area contributed by atoms with Gasteiger partial charge in [-0.15, -0.1) is 11.8 Å². The number of carbonyl (C=O) groups is 1. The van der Waals surface area contributed by atoms with Gasteiger partial charge < -0.3 is 9.80 Å². The molecule has 0 atom stereocenters. The normalized spacial score (nSPS) is 13.8. The first-order valence-electron chi connectivity index (χ1n) is 9.28. The standard InChI is InChI=1S/C20H26N4O2S/c1-16-5-7-18(8-6-16)27-12-11-22(2)20(26)15-24-19(25)13-17(14-21-24)23-9-3-4-10-23/h5-8,13-14H,3-4,9-12,15H2,1-2H3. The van der Waals surface area contributed by atoms with E-state index < -0.39 is 0 Å². The molecular weight excluding hydrogens is 360 g/mol. The van der Waals surface area contributed by atoms with Gasteiger partial charge in [-0.3, -0.25) is 9.59 Å². The number of hydrogen-bond donors (Lipinski definition) is 0. The van der Waals surface area contributed by atoms with Crippen molar-refractivity contribution in [2.75, 3.05) is 37.3 Å². The van der Waals surface area contributed by atoms with Crippen molar-refractivity contribution < 1.29 is 4.79 Å². The number of benzene rings is 1. The second kappa shape index (κ2) is 9.08. The van der Waals surface area contributed by atoms with Crippen molar-refractivity contribution in [3.8, 4) is 0 Å². The summed E-state index contributed by atoms with van der Waals surface area (Å²) in [6, 6.07) is 9.93. The summed E-state index contributed by atoms with van der Waals surface area (Å²) in [5.74, 6) is 0.699. The van der Waals surface area contributed by atoms with Gasteiger partial charge in [0.2, 0.25) is 5.91 Å². The van der Waals surface area contributed by atoms with Crippen LogP contribution in [-0.2, 0) is 11.3 Å². The SMILES string of the molecule is Cc1ccc(SCCN(C)C(=O)Cn2ncc(N3CCCC3)cc2=O)cc1. The Hall–Kier alpha value is -2.28. The topological polar surface area (TPSA) is 58.4 Å². The molecule has 6 nitrogen and oxygen atoms in total. The molecule has 0 radical (unpaired) electrons. The van der Waals surface area contributed by atoms with Crippen molar-refractivity contribution in [2.24, 2.45) is 0 Å². The van der Waals surface area contributed by atoms with Crippen molar-refractivity contribution in [1.82, 2.24) is 14.7 Å². The molecule has 27 heavy (non-hydrogen) atoms. The molecule has 1 aliphatic rings. The van der Waals surface area contributed by atoms with Gasteiger partial charge >= 0.3 is 0 Å². The molecule has 1 fully saturated rings. The number of likely N-dealkylation sites (N-methyl/N-ethyl adjacent to an activating group) is 1. The van der Waals surface area contributed by atoms with Crippen LogP contribution in [0.2, 0.25) is 0 Å². The molecular formula is C20H26N4O2S. The van der Waals surface area contributed by atoms with Crippen molar-refractivity contribution in [1.29, 1.82) is 0 Å². The summed E-state index contributed by atoms with van der Waals surface area (Å²) >= 11 is 1.72. The Labute approximate surface area is 164 Å². The van der Waals surface area contributed by atoms with Crippen LogP contribution in [0.15, 0.2) is 46.2 Å². The van der Waals surface area contributed by atoms with Crippen molar-refractivity contribution in [2.45, 2.75) is 31.2 Å². The Morgan fingerprint density at radius 2 is 1.93 bits per heavy atom. The summed E-state index contributed by atoms with van der Waals surface area (Å²) in [5.41, 5.74) is 1.86. The number of hydrogen-bond acceptors (Lipinski definition) is 5. The van der Waals surface area contributed by atoms with E-state index in [1.165, 1.54) is 15.1 Å². The van der Waals surface area contributed by atoms with Crippen LogP contribution in [0.1, 0.15) is 18.4 Å². The van der Waals surface area contributed by atoms with Gasteiger partial charge in [0.1, 0.15) is 6.54 Å². The van der Waals surface area contributed by atoms with Crippen LogP contribution in [0.4, 0.5) is 5.69 Å². The summed E-state index contributed by atoms with van der Waals surface area (Å²) in [6.45, 7) is 4.59. The monoisotopic (exact) mass is 386 g/mol. The van der Waals surface area contributed by atoms with Gasteiger partial charge in [0.15, 0.2) is 0 Å². The van der Waals surface area contributed by atoms with Crippen molar-refractivity contribution in [3.05, 3.63) is 52.4 Å². The number of amides is 1. The first-order valence-corrected chi connectivity index (χ1v) is 10.3. The van der Waals surface area contributed by atoms with E-state index in [1.807, 2.05) is 0 Å². The zero-order valence-electron chi connectivity index (χ0n) is 15.9. The van der Waals surface area contributed by atoms with E-state index in [0.29, 0.717) is 6.54 Å². The van der Waals surface area contributed by atoms with Gasteiger partial charge in [0, 0.05) is 43.4 Å². The van der Waals surface area contributed by atoms with E-state index in [9.17, 15) is 9.59 Å². The van der Waals surface area contributed by atoms with Gasteiger partial charge in [-0.25, -0.2) is 4.68 Å². The van der Waals surface area contributed by atoms with E-state index in [0.717, 1.165) is 37.4 Å². The van der Waals surface area contributed by atoms with Gasteiger partial charge in [-0.2, -0.15) is 5.10 Å². The highest BCUT2D eigenvalue weighted by molar-refractivity contribution is 7.99. The van der Waals surface area contributed by atoms with Gasteiger partial charge in [0.25, 0.3) is 5.56 Å². The van der Waals surface area contributed by atoms with Crippen LogP contribution in [-0.4, -0.2) is 53.0 Å². The Morgan fingerprint density at radius 1 is 1.22 bits per heavy atom. The predicted octanol–water partition coefficient (Wildman–Crippen LogP) is 2.40. The largest absolute Gasteiger partial charge is 0.370 e. The van der Waals surface area contributed by atoms with Crippen LogP contribution >= 0.6 is 11.8 Å².